The van der Waals surface area contributed by atoms with Gasteiger partial charge in [-0.05, 0) is 6.92 Å². The summed E-state index contributed by atoms with van der Waals surface area (Å²) in [6.45, 7) is 2.28. The molecule has 0 saturated heterocycles. The number of thiocarbonyl (C=S) groups is 1. The van der Waals surface area contributed by atoms with Gasteiger partial charge < -0.3 is 5.73 Å². The summed E-state index contributed by atoms with van der Waals surface area (Å²) in [4.78, 5) is 0.610. The van der Waals surface area contributed by atoms with Gasteiger partial charge in [0.2, 0.25) is 0 Å². The van der Waals surface area contributed by atoms with Crippen molar-refractivity contribution in [1.29, 1.82) is 0 Å². The SMILES string of the molecule is C/C(CN)=N\NC(=S)c1ccccc1. The highest BCUT2D eigenvalue weighted by molar-refractivity contribution is 7.80. The molecule has 1 aromatic rings. The van der Waals surface area contributed by atoms with Crippen molar-refractivity contribution in [1.82, 2.24) is 5.43 Å². The second-order valence-electron chi connectivity index (χ2n) is 2.86. The number of rotatable bonds is 3. The minimum Gasteiger partial charge on any atom is -0.325 e. The van der Waals surface area contributed by atoms with Gasteiger partial charge in [-0.1, -0.05) is 42.5 Å². The monoisotopic (exact) mass is 207 g/mol. The van der Waals surface area contributed by atoms with Crippen molar-refractivity contribution in [2.24, 2.45) is 10.8 Å². The van der Waals surface area contributed by atoms with Gasteiger partial charge in [0.15, 0.2) is 0 Å². The summed E-state index contributed by atoms with van der Waals surface area (Å²) >= 11 is 5.13. The van der Waals surface area contributed by atoms with Gasteiger partial charge in [-0.25, -0.2) is 0 Å². The quantitative estimate of drug-likeness (QED) is 0.446. The molecule has 1 rings (SSSR count). The summed E-state index contributed by atoms with van der Waals surface area (Å²) < 4.78 is 0. The molecular formula is C10H13N3S. The summed E-state index contributed by atoms with van der Waals surface area (Å²) in [6, 6.07) is 9.68. The molecular weight excluding hydrogens is 194 g/mol. The standard InChI is InChI=1S/C10H13N3S/c1-8(7-11)12-13-10(14)9-5-3-2-4-6-9/h2-6H,7,11H2,1H3,(H,13,14)/b12-8+. The van der Waals surface area contributed by atoms with Crippen molar-refractivity contribution in [3.8, 4) is 0 Å². The van der Waals surface area contributed by atoms with E-state index in [2.05, 4.69) is 10.5 Å². The van der Waals surface area contributed by atoms with Crippen molar-refractivity contribution in [3.63, 3.8) is 0 Å². The Morgan fingerprint density at radius 1 is 1.43 bits per heavy atom. The van der Waals surface area contributed by atoms with E-state index in [0.717, 1.165) is 11.3 Å². The maximum absolute atomic E-state index is 5.38. The Kier molecular flexibility index (Phi) is 4.22. The van der Waals surface area contributed by atoms with E-state index in [1.165, 1.54) is 0 Å². The third-order valence-corrected chi connectivity index (χ3v) is 2.01. The lowest BCUT2D eigenvalue weighted by molar-refractivity contribution is 1.03. The fourth-order valence-electron chi connectivity index (χ4n) is 0.846. The molecule has 14 heavy (non-hydrogen) atoms. The molecule has 3 N–H and O–H groups in total. The maximum atomic E-state index is 5.38. The van der Waals surface area contributed by atoms with Crippen LogP contribution in [0.25, 0.3) is 0 Å². The molecule has 0 aromatic heterocycles. The zero-order chi connectivity index (χ0) is 10.4. The van der Waals surface area contributed by atoms with Gasteiger partial charge in [0.05, 0.1) is 0 Å². The minimum atomic E-state index is 0.435. The summed E-state index contributed by atoms with van der Waals surface area (Å²) in [5.41, 5.74) is 9.95. The van der Waals surface area contributed by atoms with E-state index >= 15 is 0 Å². The molecule has 0 fully saturated rings. The van der Waals surface area contributed by atoms with Crippen LogP contribution in [-0.2, 0) is 0 Å². The summed E-state index contributed by atoms with van der Waals surface area (Å²) in [7, 11) is 0. The van der Waals surface area contributed by atoms with E-state index in [-0.39, 0.29) is 0 Å². The summed E-state index contributed by atoms with van der Waals surface area (Å²) in [5, 5.41) is 4.02. The molecule has 0 aliphatic carbocycles. The zero-order valence-corrected chi connectivity index (χ0v) is 8.84. The van der Waals surface area contributed by atoms with Gasteiger partial charge in [-0.3, -0.25) is 5.43 Å². The van der Waals surface area contributed by atoms with Crippen LogP contribution >= 0.6 is 12.2 Å². The molecule has 0 unspecified atom stereocenters. The molecule has 0 radical (unpaired) electrons. The Morgan fingerprint density at radius 3 is 2.64 bits per heavy atom. The second-order valence-corrected chi connectivity index (χ2v) is 3.27. The van der Waals surface area contributed by atoms with Gasteiger partial charge in [0.1, 0.15) is 4.99 Å². The van der Waals surface area contributed by atoms with Crippen LogP contribution in [0.1, 0.15) is 12.5 Å². The van der Waals surface area contributed by atoms with Crippen LogP contribution in [0.5, 0.6) is 0 Å². The van der Waals surface area contributed by atoms with E-state index in [1.807, 2.05) is 37.3 Å². The summed E-state index contributed by atoms with van der Waals surface area (Å²) in [6.07, 6.45) is 0. The molecule has 74 valence electrons. The average Bonchev–Trinajstić information content (AvgIpc) is 2.26. The molecule has 0 atom stereocenters. The first-order valence-electron chi connectivity index (χ1n) is 4.32. The van der Waals surface area contributed by atoms with Crippen molar-refractivity contribution < 1.29 is 0 Å². The first-order chi connectivity index (χ1) is 6.74. The van der Waals surface area contributed by atoms with Crippen LogP contribution in [0.3, 0.4) is 0 Å². The predicted molar refractivity (Wildman–Crippen MR) is 63.4 cm³/mol. The number of hydrazone groups is 1. The highest BCUT2D eigenvalue weighted by Crippen LogP contribution is 1.98. The Balaban J connectivity index is 2.60. The Hall–Kier alpha value is -1.26. The van der Waals surface area contributed by atoms with Crippen LogP contribution in [-0.4, -0.2) is 17.2 Å². The first-order valence-corrected chi connectivity index (χ1v) is 4.73. The summed E-state index contributed by atoms with van der Waals surface area (Å²) in [5.74, 6) is 0. The molecule has 0 heterocycles. The molecule has 0 saturated carbocycles. The van der Waals surface area contributed by atoms with Crippen molar-refractivity contribution >= 4 is 22.9 Å². The number of hydrogen-bond donors (Lipinski definition) is 2. The van der Waals surface area contributed by atoms with E-state index < -0.39 is 0 Å². The Labute approximate surface area is 89.0 Å². The third kappa shape index (κ3) is 3.24. The van der Waals surface area contributed by atoms with Crippen LogP contribution in [0, 0.1) is 0 Å². The minimum absolute atomic E-state index is 0.435. The number of nitrogens with two attached hydrogens (primary N) is 1. The Bertz CT molecular complexity index is 332. The van der Waals surface area contributed by atoms with Crippen LogP contribution in [0.4, 0.5) is 0 Å². The van der Waals surface area contributed by atoms with E-state index in [0.29, 0.717) is 11.5 Å². The van der Waals surface area contributed by atoms with Crippen molar-refractivity contribution in [2.45, 2.75) is 6.92 Å². The highest BCUT2D eigenvalue weighted by Gasteiger charge is 1.97. The second kappa shape index (κ2) is 5.47. The molecule has 0 aliphatic heterocycles. The lowest BCUT2D eigenvalue weighted by Gasteiger charge is -2.03. The van der Waals surface area contributed by atoms with Gasteiger partial charge >= 0.3 is 0 Å². The molecule has 0 amide bonds. The number of hydrogen-bond acceptors (Lipinski definition) is 3. The molecule has 3 nitrogen and oxygen atoms in total. The van der Waals surface area contributed by atoms with E-state index in [9.17, 15) is 0 Å². The van der Waals surface area contributed by atoms with Crippen LogP contribution in [0.2, 0.25) is 0 Å². The van der Waals surface area contributed by atoms with Crippen LogP contribution < -0.4 is 11.2 Å². The fraction of sp³-hybridized carbons (Fsp3) is 0.200. The largest absolute Gasteiger partial charge is 0.325 e. The lowest BCUT2D eigenvalue weighted by Crippen LogP contribution is -2.20. The van der Waals surface area contributed by atoms with Crippen molar-refractivity contribution in [2.75, 3.05) is 6.54 Å². The Morgan fingerprint density at radius 2 is 2.07 bits per heavy atom. The zero-order valence-electron chi connectivity index (χ0n) is 8.03. The normalized spacial score (nSPS) is 11.1. The average molecular weight is 207 g/mol. The first kappa shape index (κ1) is 10.8. The molecule has 0 bridgehead atoms. The maximum Gasteiger partial charge on any atom is 0.126 e. The third-order valence-electron chi connectivity index (χ3n) is 1.68. The van der Waals surface area contributed by atoms with E-state index in [4.69, 9.17) is 18.0 Å². The number of nitrogens with one attached hydrogen (secondary N) is 1. The van der Waals surface area contributed by atoms with Gasteiger partial charge in [-0.15, -0.1) is 0 Å². The molecule has 0 aliphatic rings. The molecule has 0 spiro atoms. The number of nitrogens with zero attached hydrogens (tertiary/aromatic N) is 1. The smallest absolute Gasteiger partial charge is 0.126 e. The molecule has 1 aromatic carbocycles. The van der Waals surface area contributed by atoms with E-state index in [1.54, 1.807) is 0 Å². The predicted octanol–water partition coefficient (Wildman–Crippen LogP) is 1.29. The topological polar surface area (TPSA) is 50.4 Å². The van der Waals surface area contributed by atoms with Gasteiger partial charge in [-0.2, -0.15) is 5.10 Å². The van der Waals surface area contributed by atoms with Crippen molar-refractivity contribution in [3.05, 3.63) is 35.9 Å². The van der Waals surface area contributed by atoms with Gasteiger partial charge in [0.25, 0.3) is 0 Å². The lowest BCUT2D eigenvalue weighted by atomic mass is 10.2. The highest BCUT2D eigenvalue weighted by atomic mass is 32.1. The fourth-order valence-corrected chi connectivity index (χ4v) is 1.03. The number of benzene rings is 1. The van der Waals surface area contributed by atoms with Gasteiger partial charge in [0, 0.05) is 17.8 Å². The molecule has 4 heteroatoms. The van der Waals surface area contributed by atoms with Crippen LogP contribution in [0.15, 0.2) is 35.4 Å².